The summed E-state index contributed by atoms with van der Waals surface area (Å²) in [6.45, 7) is 8.90. The van der Waals surface area contributed by atoms with Gasteiger partial charge in [-0.2, -0.15) is 0 Å². The minimum atomic E-state index is -0.897. The molecule has 302 valence electrons. The van der Waals surface area contributed by atoms with Crippen molar-refractivity contribution in [1.82, 2.24) is 24.7 Å². The number of ketones is 4. The molecule has 2 fully saturated rings. The molecule has 17 heteroatoms. The van der Waals surface area contributed by atoms with E-state index in [4.69, 9.17) is 23.0 Å². The van der Waals surface area contributed by atoms with Crippen molar-refractivity contribution in [3.05, 3.63) is 104 Å². The maximum absolute atomic E-state index is 13.6. The van der Waals surface area contributed by atoms with Crippen LogP contribution >= 0.6 is 0 Å². The minimum absolute atomic E-state index is 0.0367. The van der Waals surface area contributed by atoms with Crippen LogP contribution in [0.1, 0.15) is 124 Å². The number of carbonyl (C=O) groups excluding carboxylic acids is 7. The van der Waals surface area contributed by atoms with E-state index in [0.717, 1.165) is 0 Å². The highest BCUT2D eigenvalue weighted by molar-refractivity contribution is 6.30. The molecule has 17 nitrogen and oxygen atoms in total. The Balaban J connectivity index is 0.00000252. The van der Waals surface area contributed by atoms with Crippen LogP contribution < -0.4 is 0 Å². The fourth-order valence-corrected chi connectivity index (χ4v) is 7.37. The Kier molecular flexibility index (Phi) is 11.8. The highest BCUT2D eigenvalue weighted by Crippen LogP contribution is 2.35. The van der Waals surface area contributed by atoms with E-state index in [9.17, 15) is 33.6 Å². The van der Waals surface area contributed by atoms with Crippen LogP contribution in [0.4, 0.5) is 0 Å². The highest BCUT2D eigenvalue weighted by Gasteiger charge is 2.43. The Morgan fingerprint density at radius 2 is 1.16 bits per heavy atom. The molecule has 2 saturated heterocycles. The number of hydrogen-bond donors (Lipinski definition) is 0. The van der Waals surface area contributed by atoms with E-state index < -0.39 is 35.1 Å². The Morgan fingerprint density at radius 1 is 0.672 bits per heavy atom. The van der Waals surface area contributed by atoms with Gasteiger partial charge in [-0.1, -0.05) is 13.8 Å². The average molecular weight is 796 g/mol. The number of esters is 2. The molecule has 0 bridgehead atoms. The predicted molar refractivity (Wildman–Crippen MR) is 200 cm³/mol. The summed E-state index contributed by atoms with van der Waals surface area (Å²) >= 11 is 0. The first-order chi connectivity index (χ1) is 28.2. The number of rotatable bonds is 10. The first-order valence-corrected chi connectivity index (χ1v) is 19.2. The van der Waals surface area contributed by atoms with Gasteiger partial charge in [-0.15, -0.1) is 0 Å². The molecular formula is C41H41N5O12. The summed E-state index contributed by atoms with van der Waals surface area (Å²) in [7, 11) is 0. The monoisotopic (exact) mass is 795 g/mol. The Bertz CT molecular complexity index is 2310. The molecule has 0 unspecified atom stereocenters. The Labute approximate surface area is 332 Å². The number of carbonyl (C=O) groups is 7. The number of furan rings is 2. The van der Waals surface area contributed by atoms with Gasteiger partial charge in [0.25, 0.3) is 0 Å². The second-order valence-corrected chi connectivity index (χ2v) is 13.5. The lowest BCUT2D eigenvalue weighted by atomic mass is 9.89. The summed E-state index contributed by atoms with van der Waals surface area (Å²) in [5.74, 6) is -4.60. The van der Waals surface area contributed by atoms with Gasteiger partial charge in [0.05, 0.1) is 61.6 Å². The van der Waals surface area contributed by atoms with Crippen molar-refractivity contribution >= 4 is 41.0 Å². The number of aromatic nitrogens is 2. The second-order valence-electron chi connectivity index (χ2n) is 13.5. The number of nitrogens with zero attached hydrogens (tertiary/aromatic N) is 5. The van der Waals surface area contributed by atoms with Crippen LogP contribution in [-0.2, 0) is 32.1 Å². The summed E-state index contributed by atoms with van der Waals surface area (Å²) < 4.78 is 28.1. The van der Waals surface area contributed by atoms with Gasteiger partial charge in [0, 0.05) is 51.7 Å². The Hall–Kier alpha value is -6.17. The third kappa shape index (κ3) is 7.39. The number of morpholine rings is 1. The third-order valence-electron chi connectivity index (χ3n) is 10.2. The molecule has 0 saturated carbocycles. The van der Waals surface area contributed by atoms with Gasteiger partial charge in [0.2, 0.25) is 29.0 Å². The standard InChI is InChI=1S/C39H35N5O12.C2H6/c1-2-53-38(50)26-23(55-36-28(26)34(48)30-21(32(36)46)5-3-8-40-30)19-42-10-12-44(13-11-42)25(45)7-16-54-39(51)27-24(20-43-14-17-52-18-15-43)56-37-29(27)35(49)31-22(33(37)47)6-4-9-41-31;1-2/h3-6,8-9H,2,7,10-20H2,1H3;1-2H3. The van der Waals surface area contributed by atoms with E-state index in [-0.39, 0.29) is 120 Å². The van der Waals surface area contributed by atoms with E-state index in [1.54, 1.807) is 11.8 Å². The number of ether oxygens (including phenoxy) is 3. The number of hydrogen-bond acceptors (Lipinski definition) is 16. The molecule has 0 aromatic carbocycles. The SMILES string of the molecule is CC.CCOC(=O)c1c(CN2CCN(C(=O)CCOC(=O)c3c(CN4CCOCC4)oc4c3C(=O)c3ncccc3C4=O)CC2)oc2c1C(=O)c1ncccc1C2=O. The highest BCUT2D eigenvalue weighted by atomic mass is 16.5. The normalized spacial score (nSPS) is 16.4. The lowest BCUT2D eigenvalue weighted by molar-refractivity contribution is -0.133. The lowest BCUT2D eigenvalue weighted by Crippen LogP contribution is -2.48. The van der Waals surface area contributed by atoms with Crippen molar-refractivity contribution in [2.45, 2.75) is 40.3 Å². The predicted octanol–water partition coefficient (Wildman–Crippen LogP) is 3.14. The molecule has 8 rings (SSSR count). The zero-order chi connectivity index (χ0) is 41.1. The van der Waals surface area contributed by atoms with Crippen LogP contribution in [0.5, 0.6) is 0 Å². The summed E-state index contributed by atoms with van der Waals surface area (Å²) in [6.07, 6.45) is 2.63. The zero-order valence-corrected chi connectivity index (χ0v) is 32.3. The molecule has 6 heterocycles. The molecule has 0 atom stereocenters. The topological polar surface area (TPSA) is 209 Å². The molecule has 0 N–H and O–H groups in total. The second kappa shape index (κ2) is 17.1. The van der Waals surface area contributed by atoms with Crippen LogP contribution in [0.3, 0.4) is 0 Å². The number of amides is 1. The van der Waals surface area contributed by atoms with E-state index in [0.29, 0.717) is 39.4 Å². The van der Waals surface area contributed by atoms with Crippen molar-refractivity contribution in [3.63, 3.8) is 0 Å². The summed E-state index contributed by atoms with van der Waals surface area (Å²) in [5, 5.41) is 0. The molecule has 2 aliphatic carbocycles. The fraction of sp³-hybridized carbons (Fsp3) is 0.390. The van der Waals surface area contributed by atoms with Crippen molar-refractivity contribution in [1.29, 1.82) is 0 Å². The molecule has 2 aliphatic heterocycles. The van der Waals surface area contributed by atoms with E-state index in [2.05, 4.69) is 9.97 Å². The maximum atomic E-state index is 13.6. The van der Waals surface area contributed by atoms with E-state index in [1.165, 1.54) is 36.7 Å². The van der Waals surface area contributed by atoms with Gasteiger partial charge >= 0.3 is 11.9 Å². The van der Waals surface area contributed by atoms with Crippen molar-refractivity contribution in [2.75, 3.05) is 65.7 Å². The van der Waals surface area contributed by atoms with Crippen LogP contribution in [0, 0.1) is 0 Å². The van der Waals surface area contributed by atoms with Crippen molar-refractivity contribution in [2.24, 2.45) is 0 Å². The first kappa shape index (κ1) is 40.0. The largest absolute Gasteiger partial charge is 0.462 e. The molecule has 0 spiro atoms. The molecular weight excluding hydrogens is 754 g/mol. The molecule has 1 amide bonds. The van der Waals surface area contributed by atoms with E-state index >= 15 is 0 Å². The van der Waals surface area contributed by atoms with Crippen LogP contribution in [-0.4, -0.2) is 131 Å². The quantitative estimate of drug-likeness (QED) is 0.182. The summed E-state index contributed by atoms with van der Waals surface area (Å²) in [6, 6.07) is 6.03. The minimum Gasteiger partial charge on any atom is -0.462 e. The van der Waals surface area contributed by atoms with Crippen molar-refractivity contribution in [3.8, 4) is 0 Å². The smallest absolute Gasteiger partial charge is 0.342 e. The van der Waals surface area contributed by atoms with Gasteiger partial charge in [0.1, 0.15) is 40.6 Å². The van der Waals surface area contributed by atoms with E-state index in [1.807, 2.05) is 23.6 Å². The lowest BCUT2D eigenvalue weighted by Gasteiger charge is -2.34. The molecule has 58 heavy (non-hydrogen) atoms. The number of piperazine rings is 1. The maximum Gasteiger partial charge on any atom is 0.342 e. The summed E-state index contributed by atoms with van der Waals surface area (Å²) in [4.78, 5) is 107. The molecule has 4 aromatic rings. The summed E-state index contributed by atoms with van der Waals surface area (Å²) in [5.41, 5.74) is -0.620. The Morgan fingerprint density at radius 3 is 1.66 bits per heavy atom. The van der Waals surface area contributed by atoms with Gasteiger partial charge in [0.15, 0.2) is 11.5 Å². The molecule has 0 radical (unpaired) electrons. The fourth-order valence-electron chi connectivity index (χ4n) is 7.37. The zero-order valence-electron chi connectivity index (χ0n) is 32.3. The molecule has 4 aromatic heterocycles. The van der Waals surface area contributed by atoms with Crippen LogP contribution in [0.15, 0.2) is 45.5 Å². The van der Waals surface area contributed by atoms with Crippen molar-refractivity contribution < 1.29 is 56.6 Å². The average Bonchev–Trinajstić information content (AvgIpc) is 3.83. The van der Waals surface area contributed by atoms with Gasteiger partial charge in [-0.3, -0.25) is 43.7 Å². The van der Waals surface area contributed by atoms with Crippen LogP contribution in [0.2, 0.25) is 0 Å². The third-order valence-corrected chi connectivity index (χ3v) is 10.2. The van der Waals surface area contributed by atoms with Crippen LogP contribution in [0.25, 0.3) is 0 Å². The van der Waals surface area contributed by atoms with Gasteiger partial charge < -0.3 is 27.9 Å². The number of pyridine rings is 2. The number of fused-ring (bicyclic) bond motifs is 4. The molecule has 4 aliphatic rings. The van der Waals surface area contributed by atoms with Gasteiger partial charge in [-0.05, 0) is 31.2 Å². The van der Waals surface area contributed by atoms with Gasteiger partial charge in [-0.25, -0.2) is 9.59 Å². The first-order valence-electron chi connectivity index (χ1n) is 19.2.